The molecule has 0 saturated heterocycles. The molecule has 0 aromatic heterocycles. The molecule has 2 rings (SSSR count). The van der Waals surface area contributed by atoms with Gasteiger partial charge in [0.2, 0.25) is 0 Å². The van der Waals surface area contributed by atoms with Crippen molar-refractivity contribution in [1.29, 1.82) is 15.8 Å². The van der Waals surface area contributed by atoms with E-state index in [1.807, 2.05) is 6.07 Å². The fraction of sp³-hybridized carbons (Fsp3) is 0.167. The second kappa shape index (κ2) is 6.91. The van der Waals surface area contributed by atoms with Crippen LogP contribution in [0.3, 0.4) is 0 Å². The Bertz CT molecular complexity index is 929. The molecule has 1 aliphatic heterocycles. The smallest absolute Gasteiger partial charge is 0.172 e. The van der Waals surface area contributed by atoms with Crippen LogP contribution in [-0.4, -0.2) is 10.7 Å². The van der Waals surface area contributed by atoms with Gasteiger partial charge in [0.15, 0.2) is 17.1 Å². The Hall–Kier alpha value is -2.91. The molecule has 0 saturated carbocycles. The van der Waals surface area contributed by atoms with Crippen molar-refractivity contribution < 1.29 is 9.84 Å². The van der Waals surface area contributed by atoms with Crippen LogP contribution in [-0.2, 0) is 4.74 Å². The van der Waals surface area contributed by atoms with Gasteiger partial charge in [-0.2, -0.15) is 15.8 Å². The minimum Gasteiger partial charge on any atom is -0.505 e. The predicted octanol–water partition coefficient (Wildman–Crippen LogP) is 4.64. The first-order valence-electron chi connectivity index (χ1n) is 7.00. The number of phenols is 1. The van der Waals surface area contributed by atoms with Gasteiger partial charge < -0.3 is 9.84 Å². The van der Waals surface area contributed by atoms with E-state index in [1.54, 1.807) is 38.1 Å². The number of phenolic OH excluding ortho intramolecular Hbond substituents is 1. The molecule has 0 atom stereocenters. The molecular weight excluding hydrogens is 361 g/mol. The van der Waals surface area contributed by atoms with Crippen molar-refractivity contribution in [1.82, 2.24) is 0 Å². The van der Waals surface area contributed by atoms with E-state index in [2.05, 4.69) is 0 Å². The first-order chi connectivity index (χ1) is 11.7. The van der Waals surface area contributed by atoms with Crippen LogP contribution < -0.4 is 0 Å². The Morgan fingerprint density at radius 2 is 1.68 bits per heavy atom. The summed E-state index contributed by atoms with van der Waals surface area (Å²) in [5, 5.41) is 37.3. The minimum absolute atomic E-state index is 0.0288. The summed E-state index contributed by atoms with van der Waals surface area (Å²) in [6, 6.07) is 8.48. The number of nitrogens with zero attached hydrogens (tertiary/aromatic N) is 3. The van der Waals surface area contributed by atoms with Crippen LogP contribution in [0.2, 0.25) is 10.0 Å². The number of hydrogen-bond donors (Lipinski definition) is 1. The maximum Gasteiger partial charge on any atom is 0.172 e. The van der Waals surface area contributed by atoms with Crippen LogP contribution in [0.1, 0.15) is 19.4 Å². The lowest BCUT2D eigenvalue weighted by atomic mass is 9.94. The van der Waals surface area contributed by atoms with Gasteiger partial charge in [0.1, 0.15) is 29.4 Å². The van der Waals surface area contributed by atoms with Gasteiger partial charge in [0, 0.05) is 5.57 Å². The zero-order valence-electron chi connectivity index (χ0n) is 13.3. The molecule has 25 heavy (non-hydrogen) atoms. The summed E-state index contributed by atoms with van der Waals surface area (Å²) >= 11 is 11.8. The largest absolute Gasteiger partial charge is 0.505 e. The molecular formula is C18H11Cl2N3O2. The molecule has 0 aliphatic carbocycles. The van der Waals surface area contributed by atoms with E-state index in [0.717, 1.165) is 0 Å². The molecule has 0 amide bonds. The van der Waals surface area contributed by atoms with Crippen LogP contribution in [0.4, 0.5) is 0 Å². The zero-order chi connectivity index (χ0) is 18.8. The molecule has 5 nitrogen and oxygen atoms in total. The Kier molecular flexibility index (Phi) is 5.10. The second-order valence-electron chi connectivity index (χ2n) is 5.61. The Balaban J connectivity index is 2.58. The average Bonchev–Trinajstić information content (AvgIpc) is 2.81. The Morgan fingerprint density at radius 3 is 2.16 bits per heavy atom. The maximum absolute atomic E-state index is 9.60. The number of hydrogen-bond acceptors (Lipinski definition) is 5. The lowest BCUT2D eigenvalue weighted by Crippen LogP contribution is -2.20. The van der Waals surface area contributed by atoms with Crippen LogP contribution in [0.5, 0.6) is 5.75 Å². The van der Waals surface area contributed by atoms with Crippen molar-refractivity contribution in [3.63, 3.8) is 0 Å². The quantitative estimate of drug-likeness (QED) is 0.762. The molecule has 124 valence electrons. The van der Waals surface area contributed by atoms with Gasteiger partial charge in [0.25, 0.3) is 0 Å². The van der Waals surface area contributed by atoms with Crippen LogP contribution in [0.15, 0.2) is 40.7 Å². The molecule has 1 N–H and O–H groups in total. The zero-order valence-corrected chi connectivity index (χ0v) is 14.8. The van der Waals surface area contributed by atoms with Gasteiger partial charge in [-0.15, -0.1) is 0 Å². The normalized spacial score (nSPS) is 15.5. The van der Waals surface area contributed by atoms with Crippen molar-refractivity contribution in [3.8, 4) is 24.0 Å². The summed E-state index contributed by atoms with van der Waals surface area (Å²) in [6.07, 6.45) is 3.29. The van der Waals surface area contributed by atoms with Crippen LogP contribution in [0, 0.1) is 34.0 Å². The molecule has 1 aromatic carbocycles. The molecule has 1 heterocycles. The molecule has 1 aliphatic rings. The lowest BCUT2D eigenvalue weighted by Gasteiger charge is -2.20. The standard InChI is InChI=1S/C18H11Cl2N3O2/c1-18(2)13(12(9-23)17(25-18)11(7-21)8-22)4-3-10-5-14(19)16(24)15(20)6-10/h3-6,24H,1-2H3/b4-3+. The number of nitriles is 3. The molecule has 0 fully saturated rings. The fourth-order valence-corrected chi connectivity index (χ4v) is 2.85. The van der Waals surface area contributed by atoms with Crippen molar-refractivity contribution >= 4 is 29.3 Å². The van der Waals surface area contributed by atoms with Crippen molar-refractivity contribution in [3.05, 3.63) is 56.3 Å². The van der Waals surface area contributed by atoms with Gasteiger partial charge >= 0.3 is 0 Å². The summed E-state index contributed by atoms with van der Waals surface area (Å²) in [5.41, 5.74) is 0.0689. The number of benzene rings is 1. The summed E-state index contributed by atoms with van der Waals surface area (Å²) in [4.78, 5) is 0. The van der Waals surface area contributed by atoms with Gasteiger partial charge in [0.05, 0.1) is 10.0 Å². The number of aromatic hydroxyl groups is 1. The second-order valence-corrected chi connectivity index (χ2v) is 6.42. The highest BCUT2D eigenvalue weighted by molar-refractivity contribution is 6.37. The van der Waals surface area contributed by atoms with Gasteiger partial charge in [-0.1, -0.05) is 35.4 Å². The minimum atomic E-state index is -0.902. The van der Waals surface area contributed by atoms with E-state index in [0.29, 0.717) is 11.1 Å². The van der Waals surface area contributed by atoms with Crippen LogP contribution in [0.25, 0.3) is 6.08 Å². The van der Waals surface area contributed by atoms with Gasteiger partial charge in [-0.3, -0.25) is 0 Å². The third-order valence-electron chi connectivity index (χ3n) is 3.55. The summed E-state index contributed by atoms with van der Waals surface area (Å²) in [7, 11) is 0. The molecule has 0 bridgehead atoms. The lowest BCUT2D eigenvalue weighted by molar-refractivity contribution is 0.0954. The van der Waals surface area contributed by atoms with E-state index in [4.69, 9.17) is 38.5 Å². The first-order valence-corrected chi connectivity index (χ1v) is 7.75. The molecule has 1 aromatic rings. The third kappa shape index (κ3) is 3.47. The summed E-state index contributed by atoms with van der Waals surface area (Å²) in [6.45, 7) is 3.44. The number of rotatable bonds is 2. The monoisotopic (exact) mass is 371 g/mol. The number of allylic oxidation sites excluding steroid dienone is 2. The van der Waals surface area contributed by atoms with Crippen molar-refractivity contribution in [2.75, 3.05) is 0 Å². The highest BCUT2D eigenvalue weighted by Gasteiger charge is 2.38. The fourth-order valence-electron chi connectivity index (χ4n) is 2.34. The molecule has 7 heteroatoms. The molecule has 0 unspecified atom stereocenters. The number of halogens is 2. The molecule has 0 spiro atoms. The van der Waals surface area contributed by atoms with Crippen molar-refractivity contribution in [2.45, 2.75) is 19.4 Å². The topological polar surface area (TPSA) is 101 Å². The first kappa shape index (κ1) is 18.4. The van der Waals surface area contributed by atoms with Crippen LogP contribution >= 0.6 is 23.2 Å². The van der Waals surface area contributed by atoms with E-state index in [9.17, 15) is 10.4 Å². The summed E-state index contributed by atoms with van der Waals surface area (Å²) < 4.78 is 5.66. The van der Waals surface area contributed by atoms with E-state index in [-0.39, 0.29) is 32.7 Å². The van der Waals surface area contributed by atoms with E-state index >= 15 is 0 Å². The highest BCUT2D eigenvalue weighted by Crippen LogP contribution is 2.40. The van der Waals surface area contributed by atoms with Gasteiger partial charge in [-0.25, -0.2) is 0 Å². The third-order valence-corrected chi connectivity index (χ3v) is 4.12. The highest BCUT2D eigenvalue weighted by atomic mass is 35.5. The average molecular weight is 372 g/mol. The maximum atomic E-state index is 9.60. The summed E-state index contributed by atoms with van der Waals surface area (Å²) in [5.74, 6) is -0.237. The predicted molar refractivity (Wildman–Crippen MR) is 93.2 cm³/mol. The molecule has 0 radical (unpaired) electrons. The number of ether oxygens (including phenoxy) is 1. The van der Waals surface area contributed by atoms with Crippen molar-refractivity contribution in [2.24, 2.45) is 0 Å². The Labute approximate surface area is 154 Å². The van der Waals surface area contributed by atoms with E-state index in [1.165, 1.54) is 12.1 Å². The SMILES string of the molecule is CC1(C)OC(=C(C#N)C#N)C(C#N)=C1/C=C/c1cc(Cl)c(O)c(Cl)c1. The Morgan fingerprint density at radius 1 is 1.12 bits per heavy atom. The van der Waals surface area contributed by atoms with E-state index < -0.39 is 5.60 Å². The van der Waals surface area contributed by atoms with Gasteiger partial charge in [-0.05, 0) is 31.5 Å².